The van der Waals surface area contributed by atoms with Crippen molar-refractivity contribution in [1.82, 2.24) is 4.72 Å². The number of benzene rings is 3. The van der Waals surface area contributed by atoms with Gasteiger partial charge in [-0.05, 0) is 96.9 Å². The zero-order valence-corrected chi connectivity index (χ0v) is 32.0. The van der Waals surface area contributed by atoms with Gasteiger partial charge in [-0.1, -0.05) is 74.3 Å². The van der Waals surface area contributed by atoms with Crippen molar-refractivity contribution in [3.63, 3.8) is 0 Å². The van der Waals surface area contributed by atoms with Crippen LogP contribution in [0.5, 0.6) is 5.75 Å². The lowest BCUT2D eigenvalue weighted by Crippen LogP contribution is -2.43. The molecular weight excluding hydrogens is 698 g/mol. The molecule has 6 atom stereocenters. The van der Waals surface area contributed by atoms with Crippen molar-refractivity contribution in [2.45, 2.75) is 77.5 Å². The van der Waals surface area contributed by atoms with Crippen LogP contribution in [-0.2, 0) is 38.8 Å². The van der Waals surface area contributed by atoms with Gasteiger partial charge in [-0.25, -0.2) is 4.21 Å². The van der Waals surface area contributed by atoms with Crippen molar-refractivity contribution >= 4 is 39.0 Å². The van der Waals surface area contributed by atoms with Crippen molar-refractivity contribution in [2.75, 3.05) is 30.9 Å². The maximum atomic E-state index is 14.3. The van der Waals surface area contributed by atoms with E-state index in [0.29, 0.717) is 48.7 Å². The number of methoxy groups -OCH3 is 1. The third kappa shape index (κ3) is 10.2. The standard InChI is InChI=1S/C41H52ClN3O6S/c1-5-28(3)27-52(49,44-41(48)37(46)22-29-12-8-7-9-13-29)43-40(47)31-17-20-39-36(24-31)45(26-33-16-19-35(33)38(6-2)50-4)25-32-15-18-34(42)23-30(32)14-10-11-21-51-39/h6-9,12-13,15,17-18,20,23-24,28,33,35,37-38,46H,2,5,10-11,14,16,19,21-22,25-27H2,1,3-4H3,(H,43,44,47,48,49)/t28-,33-,35+,37+,38-,52?/m0/s1. The number of rotatable bonds is 13. The zero-order valence-electron chi connectivity index (χ0n) is 30.5. The fourth-order valence-electron chi connectivity index (χ4n) is 6.98. The number of nitrogens with zero attached hydrogens (tertiary/aromatic N) is 2. The van der Waals surface area contributed by atoms with E-state index in [-0.39, 0.29) is 29.8 Å². The molecule has 0 bridgehead atoms. The molecule has 1 unspecified atom stereocenters. The minimum Gasteiger partial charge on any atom is -0.491 e. The molecule has 1 heterocycles. The van der Waals surface area contributed by atoms with Crippen LogP contribution in [0.25, 0.3) is 0 Å². The molecule has 0 aromatic heterocycles. The highest BCUT2D eigenvalue weighted by Crippen LogP contribution is 2.42. The van der Waals surface area contributed by atoms with Gasteiger partial charge in [0.2, 0.25) is 0 Å². The average molecular weight is 750 g/mol. The molecule has 1 aliphatic heterocycles. The van der Waals surface area contributed by atoms with Gasteiger partial charge >= 0.3 is 0 Å². The quantitative estimate of drug-likeness (QED) is 0.173. The summed E-state index contributed by atoms with van der Waals surface area (Å²) in [6, 6.07) is 20.3. The van der Waals surface area contributed by atoms with E-state index in [4.69, 9.17) is 21.1 Å². The molecule has 9 nitrogen and oxygen atoms in total. The molecule has 0 spiro atoms. The van der Waals surface area contributed by atoms with Gasteiger partial charge < -0.3 is 19.5 Å². The maximum absolute atomic E-state index is 14.3. The van der Waals surface area contributed by atoms with E-state index < -0.39 is 27.8 Å². The number of fused-ring (bicyclic) bond motifs is 2. The van der Waals surface area contributed by atoms with Gasteiger partial charge in [-0.15, -0.1) is 10.9 Å². The largest absolute Gasteiger partial charge is 0.491 e. The SMILES string of the molecule is C=C[C@H](OC)[C@@H]1CC[C@H]1CN1Cc2ccc(Cl)cc2CCCCOc2ccc(C(=O)N=S(=O)(C[C@@H](C)CC)NC(=O)[C@H](O)Cc3ccccc3)cc21. The second kappa shape index (κ2) is 18.4. The van der Waals surface area contributed by atoms with Crippen LogP contribution in [0.2, 0.25) is 5.02 Å². The molecule has 1 fully saturated rings. The molecule has 2 N–H and O–H groups in total. The van der Waals surface area contributed by atoms with E-state index in [1.165, 1.54) is 5.56 Å². The van der Waals surface area contributed by atoms with Crippen LogP contribution in [0.1, 0.15) is 73.0 Å². The maximum Gasteiger partial charge on any atom is 0.286 e. The second-order valence-corrected chi connectivity index (χ2v) is 16.5. The van der Waals surface area contributed by atoms with Gasteiger partial charge in [0.1, 0.15) is 21.8 Å². The topological polar surface area (TPSA) is 118 Å². The van der Waals surface area contributed by atoms with E-state index >= 15 is 0 Å². The Labute approximate surface area is 314 Å². The summed E-state index contributed by atoms with van der Waals surface area (Å²) in [7, 11) is -1.88. The number of aliphatic hydroxyl groups is 1. The van der Waals surface area contributed by atoms with Crippen LogP contribution in [0.15, 0.2) is 83.7 Å². The Balaban J connectivity index is 1.51. The molecule has 5 rings (SSSR count). The van der Waals surface area contributed by atoms with Crippen LogP contribution in [0.4, 0.5) is 5.69 Å². The first-order valence-electron chi connectivity index (χ1n) is 18.3. The van der Waals surface area contributed by atoms with E-state index in [0.717, 1.165) is 48.9 Å². The number of ether oxygens (including phenoxy) is 2. The fourth-order valence-corrected chi connectivity index (χ4v) is 9.21. The molecule has 52 heavy (non-hydrogen) atoms. The first-order valence-corrected chi connectivity index (χ1v) is 20.4. The Morgan fingerprint density at radius 3 is 2.62 bits per heavy atom. The summed E-state index contributed by atoms with van der Waals surface area (Å²) in [5, 5.41) is 11.4. The summed E-state index contributed by atoms with van der Waals surface area (Å²) in [5.41, 5.74) is 4.04. The van der Waals surface area contributed by atoms with E-state index in [1.807, 2.05) is 50.3 Å². The number of aliphatic hydroxyl groups excluding tert-OH is 1. The number of halogens is 1. The Hall–Kier alpha value is -3.70. The molecule has 11 heteroatoms. The minimum atomic E-state index is -3.59. The van der Waals surface area contributed by atoms with Crippen LogP contribution in [-0.4, -0.2) is 59.4 Å². The van der Waals surface area contributed by atoms with Crippen molar-refractivity contribution in [3.8, 4) is 5.75 Å². The Morgan fingerprint density at radius 1 is 1.13 bits per heavy atom. The number of carbonyl (C=O) groups is 2. The third-order valence-corrected chi connectivity index (χ3v) is 12.5. The summed E-state index contributed by atoms with van der Waals surface area (Å²) >= 11 is 6.46. The number of hydrogen-bond acceptors (Lipinski definition) is 7. The predicted octanol–water partition coefficient (Wildman–Crippen LogP) is 7.58. The Morgan fingerprint density at radius 2 is 1.92 bits per heavy atom. The lowest BCUT2D eigenvalue weighted by atomic mass is 9.70. The van der Waals surface area contributed by atoms with Gasteiger partial charge in [0.15, 0.2) is 0 Å². The van der Waals surface area contributed by atoms with Crippen LogP contribution >= 0.6 is 11.6 Å². The van der Waals surface area contributed by atoms with Gasteiger partial charge in [-0.3, -0.25) is 14.3 Å². The molecule has 1 saturated carbocycles. The smallest absolute Gasteiger partial charge is 0.286 e. The first kappa shape index (κ1) is 39.5. The average Bonchev–Trinajstić information content (AvgIpc) is 3.15. The Kier molecular flexibility index (Phi) is 14.0. The molecule has 2 aliphatic rings. The number of hydrogen-bond donors (Lipinski definition) is 2. The van der Waals surface area contributed by atoms with Gasteiger partial charge in [0.25, 0.3) is 11.8 Å². The summed E-state index contributed by atoms with van der Waals surface area (Å²) < 4.78 is 33.1. The Bertz CT molecular complexity index is 1830. The number of amides is 2. The molecule has 0 saturated heterocycles. The van der Waals surface area contributed by atoms with Crippen LogP contribution in [0, 0.1) is 17.8 Å². The highest BCUT2D eigenvalue weighted by atomic mass is 35.5. The predicted molar refractivity (Wildman–Crippen MR) is 208 cm³/mol. The lowest BCUT2D eigenvalue weighted by Gasteiger charge is -2.43. The number of aryl methyl sites for hydroxylation is 1. The van der Waals surface area contributed by atoms with Gasteiger partial charge in [-0.2, -0.15) is 0 Å². The van der Waals surface area contributed by atoms with Crippen LogP contribution < -0.4 is 14.4 Å². The van der Waals surface area contributed by atoms with E-state index in [9.17, 15) is 18.9 Å². The summed E-state index contributed by atoms with van der Waals surface area (Å²) in [6.07, 6.45) is 5.76. The van der Waals surface area contributed by atoms with Crippen molar-refractivity contribution < 1.29 is 28.4 Å². The van der Waals surface area contributed by atoms with Crippen molar-refractivity contribution in [3.05, 3.63) is 107 Å². The summed E-state index contributed by atoms with van der Waals surface area (Å²) in [4.78, 5) is 29.4. The highest BCUT2D eigenvalue weighted by molar-refractivity contribution is 7.92. The van der Waals surface area contributed by atoms with Gasteiger partial charge in [0.05, 0.1) is 24.2 Å². The molecule has 1 aliphatic carbocycles. The van der Waals surface area contributed by atoms with E-state index in [2.05, 4.69) is 26.6 Å². The summed E-state index contributed by atoms with van der Waals surface area (Å²) in [5.74, 6) is -0.434. The van der Waals surface area contributed by atoms with Gasteiger partial charge in [0, 0.05) is 37.2 Å². The monoisotopic (exact) mass is 749 g/mol. The van der Waals surface area contributed by atoms with E-state index in [1.54, 1.807) is 37.4 Å². The molecule has 3 aromatic carbocycles. The molecule has 2 amide bonds. The lowest BCUT2D eigenvalue weighted by molar-refractivity contribution is -0.127. The fraction of sp³-hybridized carbons (Fsp3) is 0.463. The number of nitrogens with one attached hydrogen (secondary N) is 1. The molecule has 3 aromatic rings. The van der Waals surface area contributed by atoms with Crippen molar-refractivity contribution in [2.24, 2.45) is 22.1 Å². The number of anilines is 1. The first-order chi connectivity index (χ1) is 25.0. The molecule has 0 radical (unpaired) electrons. The second-order valence-electron chi connectivity index (χ2n) is 14.1. The normalized spacial score (nSPS) is 20.2. The highest BCUT2D eigenvalue weighted by Gasteiger charge is 2.37. The van der Waals surface area contributed by atoms with Crippen molar-refractivity contribution in [1.29, 1.82) is 0 Å². The minimum absolute atomic E-state index is 0.0361. The molecule has 280 valence electrons. The zero-order chi connectivity index (χ0) is 37.3. The summed E-state index contributed by atoms with van der Waals surface area (Å²) in [6.45, 7) is 9.58. The third-order valence-electron chi connectivity index (χ3n) is 10.3. The van der Waals surface area contributed by atoms with Crippen LogP contribution in [0.3, 0.4) is 0 Å². The number of carbonyl (C=O) groups excluding carboxylic acids is 2. The molecular formula is C41H52ClN3O6S.